The maximum Gasteiger partial charge on any atom is 0.256 e. The average Bonchev–Trinajstić information content (AvgIpc) is 2.64. The summed E-state index contributed by atoms with van der Waals surface area (Å²) in [5.41, 5.74) is 1.44. The first-order valence-corrected chi connectivity index (χ1v) is 6.38. The molecule has 1 atom stereocenters. The Hall–Kier alpha value is -1.35. The minimum atomic E-state index is -0.734. The van der Waals surface area contributed by atoms with Crippen LogP contribution in [-0.2, 0) is 0 Å². The highest BCUT2D eigenvalue weighted by molar-refractivity contribution is 5.99. The molecule has 3 rings (SSSR count). The van der Waals surface area contributed by atoms with E-state index in [1.165, 1.54) is 6.42 Å². The van der Waals surface area contributed by atoms with Crippen LogP contribution in [0.2, 0.25) is 0 Å². The molecule has 1 aliphatic carbocycles. The first-order valence-electron chi connectivity index (χ1n) is 6.38. The zero-order chi connectivity index (χ0) is 11.8. The number of rotatable bonds is 1. The minimum absolute atomic E-state index is 0.000000000000000222. The second-order valence-corrected chi connectivity index (χ2v) is 4.97. The van der Waals surface area contributed by atoms with Gasteiger partial charge in [0.15, 0.2) is 6.23 Å². The molecule has 0 saturated heterocycles. The van der Waals surface area contributed by atoms with Crippen LogP contribution in [0, 0.1) is 0 Å². The van der Waals surface area contributed by atoms with Gasteiger partial charge in [-0.25, -0.2) is 0 Å². The predicted molar refractivity (Wildman–Crippen MR) is 64.4 cm³/mol. The van der Waals surface area contributed by atoms with Crippen LogP contribution in [0.5, 0.6) is 0 Å². The number of carbonyl (C=O) groups is 1. The van der Waals surface area contributed by atoms with Crippen molar-refractivity contribution in [2.24, 2.45) is 0 Å². The van der Waals surface area contributed by atoms with E-state index in [9.17, 15) is 9.90 Å². The molecule has 1 unspecified atom stereocenters. The van der Waals surface area contributed by atoms with Crippen molar-refractivity contribution >= 4 is 5.91 Å². The number of carbonyl (C=O) groups excluding carboxylic acids is 1. The number of hydrogen-bond acceptors (Lipinski definition) is 2. The van der Waals surface area contributed by atoms with Crippen molar-refractivity contribution < 1.29 is 9.90 Å². The fourth-order valence-corrected chi connectivity index (χ4v) is 3.04. The summed E-state index contributed by atoms with van der Waals surface area (Å²) in [6.07, 6.45) is 4.89. The van der Waals surface area contributed by atoms with E-state index in [1.54, 1.807) is 4.90 Å². The first kappa shape index (κ1) is 10.8. The number of nitrogens with zero attached hydrogens (tertiary/aromatic N) is 1. The molecule has 0 spiro atoms. The molecule has 1 saturated carbocycles. The van der Waals surface area contributed by atoms with Crippen LogP contribution in [-0.4, -0.2) is 22.0 Å². The van der Waals surface area contributed by atoms with E-state index < -0.39 is 6.23 Å². The maximum absolute atomic E-state index is 12.3. The highest BCUT2D eigenvalue weighted by Gasteiger charge is 2.39. The van der Waals surface area contributed by atoms with Gasteiger partial charge in [0.1, 0.15) is 0 Å². The third-order valence-electron chi connectivity index (χ3n) is 3.94. The Balaban J connectivity index is 1.91. The molecule has 1 heterocycles. The Bertz CT molecular complexity index is 438. The quantitative estimate of drug-likeness (QED) is 0.806. The molecule has 0 aromatic heterocycles. The van der Waals surface area contributed by atoms with E-state index in [0.29, 0.717) is 5.56 Å². The molecule has 1 amide bonds. The van der Waals surface area contributed by atoms with Gasteiger partial charge in [-0.3, -0.25) is 4.79 Å². The Kier molecular flexibility index (Phi) is 2.63. The summed E-state index contributed by atoms with van der Waals surface area (Å²) in [6, 6.07) is 7.61. The second-order valence-electron chi connectivity index (χ2n) is 4.97. The van der Waals surface area contributed by atoms with Crippen molar-refractivity contribution in [2.75, 3.05) is 0 Å². The number of benzene rings is 1. The molecule has 0 radical (unpaired) electrons. The molecule has 3 nitrogen and oxygen atoms in total. The lowest BCUT2D eigenvalue weighted by molar-refractivity contribution is -0.0107. The van der Waals surface area contributed by atoms with Crippen molar-refractivity contribution in [3.05, 3.63) is 35.4 Å². The minimum Gasteiger partial charge on any atom is -0.369 e. The van der Waals surface area contributed by atoms with E-state index in [4.69, 9.17) is 0 Å². The Morgan fingerprint density at radius 3 is 2.53 bits per heavy atom. The number of amides is 1. The largest absolute Gasteiger partial charge is 0.369 e. The highest BCUT2D eigenvalue weighted by Crippen LogP contribution is 2.36. The summed E-state index contributed by atoms with van der Waals surface area (Å²) in [6.45, 7) is 0. The molecule has 1 aromatic rings. The summed E-state index contributed by atoms with van der Waals surface area (Å²) in [5.74, 6) is 0.000000000000000222. The smallest absolute Gasteiger partial charge is 0.256 e. The zero-order valence-corrected chi connectivity index (χ0v) is 9.80. The topological polar surface area (TPSA) is 40.5 Å². The average molecular weight is 231 g/mol. The normalized spacial score (nSPS) is 25.1. The Morgan fingerprint density at radius 2 is 1.82 bits per heavy atom. The van der Waals surface area contributed by atoms with Gasteiger partial charge < -0.3 is 10.0 Å². The van der Waals surface area contributed by atoms with Gasteiger partial charge in [0.2, 0.25) is 0 Å². The Morgan fingerprint density at radius 1 is 1.12 bits per heavy atom. The molecule has 17 heavy (non-hydrogen) atoms. The van der Waals surface area contributed by atoms with Crippen molar-refractivity contribution in [3.8, 4) is 0 Å². The molecule has 0 bridgehead atoms. The summed E-state index contributed by atoms with van der Waals surface area (Å²) in [4.78, 5) is 14.0. The van der Waals surface area contributed by atoms with Crippen molar-refractivity contribution in [2.45, 2.75) is 44.4 Å². The lowest BCUT2D eigenvalue weighted by atomic mass is 9.94. The van der Waals surface area contributed by atoms with Gasteiger partial charge in [0.25, 0.3) is 5.91 Å². The van der Waals surface area contributed by atoms with Gasteiger partial charge in [-0.15, -0.1) is 0 Å². The second kappa shape index (κ2) is 4.15. The SMILES string of the molecule is O=C1c2ccccc2C(O)N1C1CCCCC1. The molecule has 1 aromatic carbocycles. The van der Waals surface area contributed by atoms with Gasteiger partial charge in [-0.2, -0.15) is 0 Å². The number of aliphatic hydroxyl groups is 1. The molecule has 1 N–H and O–H groups in total. The molecule has 90 valence electrons. The molecular weight excluding hydrogens is 214 g/mol. The highest BCUT2D eigenvalue weighted by atomic mass is 16.3. The number of fused-ring (bicyclic) bond motifs is 1. The number of hydrogen-bond donors (Lipinski definition) is 1. The van der Waals surface area contributed by atoms with Crippen LogP contribution in [0.25, 0.3) is 0 Å². The lowest BCUT2D eigenvalue weighted by Gasteiger charge is -2.33. The summed E-state index contributed by atoms with van der Waals surface area (Å²) in [7, 11) is 0. The monoisotopic (exact) mass is 231 g/mol. The zero-order valence-electron chi connectivity index (χ0n) is 9.80. The van der Waals surface area contributed by atoms with Crippen LogP contribution in [0.4, 0.5) is 0 Å². The lowest BCUT2D eigenvalue weighted by Crippen LogP contribution is -2.39. The fourth-order valence-electron chi connectivity index (χ4n) is 3.04. The third-order valence-corrected chi connectivity index (χ3v) is 3.94. The molecule has 3 heteroatoms. The van der Waals surface area contributed by atoms with Gasteiger partial charge in [0, 0.05) is 17.2 Å². The van der Waals surface area contributed by atoms with Crippen molar-refractivity contribution in [1.29, 1.82) is 0 Å². The van der Waals surface area contributed by atoms with Gasteiger partial charge in [0.05, 0.1) is 0 Å². The molecular formula is C14H17NO2. The van der Waals surface area contributed by atoms with Crippen LogP contribution in [0.1, 0.15) is 54.3 Å². The van der Waals surface area contributed by atoms with Crippen LogP contribution < -0.4 is 0 Å². The number of aliphatic hydroxyl groups excluding tert-OH is 1. The van der Waals surface area contributed by atoms with E-state index in [1.807, 2.05) is 24.3 Å². The maximum atomic E-state index is 12.3. The van der Waals surface area contributed by atoms with Crippen molar-refractivity contribution in [3.63, 3.8) is 0 Å². The van der Waals surface area contributed by atoms with E-state index in [2.05, 4.69) is 0 Å². The van der Waals surface area contributed by atoms with Gasteiger partial charge in [-0.05, 0) is 18.9 Å². The molecule has 1 aliphatic heterocycles. The standard InChI is InChI=1S/C14H17NO2/c16-13-11-8-4-5-9-12(11)14(17)15(13)10-6-2-1-3-7-10/h4-5,8-10,13,16H,1-3,6-7H2. The molecule has 1 fully saturated rings. The Labute approximate surface area is 101 Å². The van der Waals surface area contributed by atoms with Gasteiger partial charge >= 0.3 is 0 Å². The van der Waals surface area contributed by atoms with E-state index in [-0.39, 0.29) is 11.9 Å². The first-order chi connectivity index (χ1) is 8.29. The van der Waals surface area contributed by atoms with Crippen molar-refractivity contribution in [1.82, 2.24) is 4.90 Å². The van der Waals surface area contributed by atoms with Crippen LogP contribution >= 0.6 is 0 Å². The van der Waals surface area contributed by atoms with Crippen LogP contribution in [0.15, 0.2) is 24.3 Å². The predicted octanol–water partition coefficient (Wildman–Crippen LogP) is 2.47. The summed E-state index contributed by atoms with van der Waals surface area (Å²) < 4.78 is 0. The third kappa shape index (κ3) is 1.65. The van der Waals surface area contributed by atoms with E-state index in [0.717, 1.165) is 31.2 Å². The van der Waals surface area contributed by atoms with Gasteiger partial charge in [-0.1, -0.05) is 37.5 Å². The fraction of sp³-hybridized carbons (Fsp3) is 0.500. The van der Waals surface area contributed by atoms with E-state index >= 15 is 0 Å². The molecule has 2 aliphatic rings. The summed E-state index contributed by atoms with van der Waals surface area (Å²) >= 11 is 0. The summed E-state index contributed by atoms with van der Waals surface area (Å²) in [5, 5.41) is 10.3. The van der Waals surface area contributed by atoms with Crippen LogP contribution in [0.3, 0.4) is 0 Å².